The van der Waals surface area contributed by atoms with Gasteiger partial charge >= 0.3 is 12.0 Å². The van der Waals surface area contributed by atoms with E-state index in [9.17, 15) is 14.4 Å². The Morgan fingerprint density at radius 1 is 1.05 bits per heavy atom. The number of esters is 1. The van der Waals surface area contributed by atoms with E-state index in [1.54, 1.807) is 32.2 Å². The van der Waals surface area contributed by atoms with E-state index in [1.165, 1.54) is 19.1 Å². The number of nitrogens with zero attached hydrogens (tertiary/aromatic N) is 3. The van der Waals surface area contributed by atoms with Crippen molar-refractivity contribution in [1.82, 2.24) is 20.0 Å². The standard InChI is InChI=1S/C30H38N4O6/c1-7-40-29(36)25-23(32(4)30(37)31-26(25)22-9-8-10-24(38-5)27(22)39-6)18-33-15-16-34(20(3)17-33)28(35)21-13-11-19(2)12-14-21/h8-14,20,26H,7,15-18H2,1-6H3,(H,31,37)/t20-,26-/m1/s1. The van der Waals surface area contributed by atoms with Gasteiger partial charge in [-0.3, -0.25) is 14.6 Å². The maximum atomic E-state index is 13.4. The van der Waals surface area contributed by atoms with Gasteiger partial charge in [0.15, 0.2) is 11.5 Å². The number of nitrogens with one attached hydrogen (secondary N) is 1. The summed E-state index contributed by atoms with van der Waals surface area (Å²) >= 11 is 0. The Balaban J connectivity index is 1.65. The molecule has 214 valence electrons. The van der Waals surface area contributed by atoms with E-state index >= 15 is 0 Å². The Bertz CT molecular complexity index is 1290. The van der Waals surface area contributed by atoms with E-state index in [1.807, 2.05) is 43.0 Å². The Hall–Kier alpha value is -4.05. The number of para-hydroxylation sites is 1. The molecule has 40 heavy (non-hydrogen) atoms. The summed E-state index contributed by atoms with van der Waals surface area (Å²) in [6, 6.07) is 11.7. The zero-order valence-corrected chi connectivity index (χ0v) is 24.0. The molecule has 3 amide bonds. The monoisotopic (exact) mass is 550 g/mol. The summed E-state index contributed by atoms with van der Waals surface area (Å²) in [5.41, 5.74) is 3.23. The van der Waals surface area contributed by atoms with Crippen LogP contribution < -0.4 is 14.8 Å². The number of carbonyl (C=O) groups excluding carboxylic acids is 3. The van der Waals surface area contributed by atoms with Gasteiger partial charge in [0, 0.05) is 56.1 Å². The minimum absolute atomic E-state index is 0.00192. The Labute approximate surface area is 235 Å². The van der Waals surface area contributed by atoms with Crippen molar-refractivity contribution in [2.45, 2.75) is 32.9 Å². The lowest BCUT2D eigenvalue weighted by Crippen LogP contribution is -2.56. The van der Waals surface area contributed by atoms with Gasteiger partial charge in [-0.25, -0.2) is 9.59 Å². The first-order valence-electron chi connectivity index (χ1n) is 13.4. The zero-order valence-electron chi connectivity index (χ0n) is 24.0. The van der Waals surface area contributed by atoms with Crippen molar-refractivity contribution in [2.24, 2.45) is 0 Å². The van der Waals surface area contributed by atoms with Gasteiger partial charge in [0.2, 0.25) is 0 Å². The first kappa shape index (κ1) is 28.9. The van der Waals surface area contributed by atoms with Gasteiger partial charge < -0.3 is 24.4 Å². The molecule has 2 atom stereocenters. The number of hydrogen-bond acceptors (Lipinski definition) is 7. The average Bonchev–Trinajstić information content (AvgIpc) is 2.95. The van der Waals surface area contributed by atoms with Crippen LogP contribution in [0.15, 0.2) is 53.7 Å². The van der Waals surface area contributed by atoms with E-state index in [2.05, 4.69) is 10.2 Å². The largest absolute Gasteiger partial charge is 0.493 e. The van der Waals surface area contributed by atoms with Gasteiger partial charge in [-0.1, -0.05) is 29.8 Å². The van der Waals surface area contributed by atoms with E-state index in [-0.39, 0.29) is 24.6 Å². The van der Waals surface area contributed by atoms with Crippen LogP contribution in [0.25, 0.3) is 0 Å². The number of urea groups is 1. The Kier molecular flexibility index (Phi) is 8.99. The molecule has 0 aromatic heterocycles. The van der Waals surface area contributed by atoms with Gasteiger partial charge in [-0.2, -0.15) is 0 Å². The molecule has 4 rings (SSSR count). The van der Waals surface area contributed by atoms with Crippen molar-refractivity contribution in [3.8, 4) is 11.5 Å². The van der Waals surface area contributed by atoms with Crippen LogP contribution in [-0.4, -0.2) is 92.7 Å². The summed E-state index contributed by atoms with van der Waals surface area (Å²) in [5.74, 6) is 0.400. The fourth-order valence-electron chi connectivity index (χ4n) is 5.32. The molecule has 0 saturated carbocycles. The van der Waals surface area contributed by atoms with Crippen molar-refractivity contribution in [2.75, 3.05) is 54.1 Å². The molecule has 1 N–H and O–H groups in total. The van der Waals surface area contributed by atoms with E-state index < -0.39 is 12.0 Å². The molecule has 10 nitrogen and oxygen atoms in total. The number of likely N-dealkylation sites (N-methyl/N-ethyl adjacent to an activating group) is 1. The average molecular weight is 551 g/mol. The molecule has 1 saturated heterocycles. The van der Waals surface area contributed by atoms with Crippen molar-refractivity contribution < 1.29 is 28.6 Å². The highest BCUT2D eigenvalue weighted by atomic mass is 16.5. The third kappa shape index (κ3) is 5.77. The molecular formula is C30H38N4O6. The first-order valence-corrected chi connectivity index (χ1v) is 13.4. The number of ether oxygens (including phenoxy) is 3. The molecule has 0 bridgehead atoms. The predicted octanol–water partition coefficient (Wildman–Crippen LogP) is 3.37. The van der Waals surface area contributed by atoms with Crippen LogP contribution in [0.2, 0.25) is 0 Å². The smallest absolute Gasteiger partial charge is 0.338 e. The SMILES string of the molecule is CCOC(=O)C1=C(CN2CCN(C(=O)c3ccc(C)cc3)[C@H](C)C2)N(C)C(=O)N[C@@H]1c1cccc(OC)c1OC. The summed E-state index contributed by atoms with van der Waals surface area (Å²) in [5, 5.41) is 2.94. The lowest BCUT2D eigenvalue weighted by atomic mass is 9.93. The highest BCUT2D eigenvalue weighted by Crippen LogP contribution is 2.40. The maximum Gasteiger partial charge on any atom is 0.338 e. The number of methoxy groups -OCH3 is 2. The normalized spacial score (nSPS) is 19.8. The second-order valence-electron chi connectivity index (χ2n) is 10.1. The first-order chi connectivity index (χ1) is 19.2. The van der Waals surface area contributed by atoms with E-state index in [4.69, 9.17) is 14.2 Å². The second kappa shape index (κ2) is 12.4. The summed E-state index contributed by atoms with van der Waals surface area (Å²) < 4.78 is 16.6. The van der Waals surface area contributed by atoms with Crippen LogP contribution in [0.5, 0.6) is 11.5 Å². The van der Waals surface area contributed by atoms with Crippen LogP contribution in [0.4, 0.5) is 4.79 Å². The molecule has 2 aromatic rings. The Morgan fingerprint density at radius 3 is 2.40 bits per heavy atom. The van der Waals surface area contributed by atoms with E-state index in [0.29, 0.717) is 60.1 Å². The van der Waals surface area contributed by atoms with Crippen LogP contribution in [-0.2, 0) is 9.53 Å². The fourth-order valence-corrected chi connectivity index (χ4v) is 5.32. The molecule has 2 aromatic carbocycles. The number of hydrogen-bond donors (Lipinski definition) is 1. The summed E-state index contributed by atoms with van der Waals surface area (Å²) in [6.45, 7) is 7.97. The minimum Gasteiger partial charge on any atom is -0.493 e. The molecule has 0 radical (unpaired) electrons. The number of carbonyl (C=O) groups is 3. The highest BCUT2D eigenvalue weighted by Gasteiger charge is 2.40. The number of piperazine rings is 1. The molecule has 10 heteroatoms. The van der Waals surface area contributed by atoms with Crippen molar-refractivity contribution in [3.63, 3.8) is 0 Å². The Morgan fingerprint density at radius 2 is 1.77 bits per heavy atom. The lowest BCUT2D eigenvalue weighted by molar-refractivity contribution is -0.139. The summed E-state index contributed by atoms with van der Waals surface area (Å²) in [4.78, 5) is 45.3. The van der Waals surface area contributed by atoms with Gasteiger partial charge in [0.25, 0.3) is 5.91 Å². The quantitative estimate of drug-likeness (QED) is 0.503. The summed E-state index contributed by atoms with van der Waals surface area (Å²) in [7, 11) is 4.70. The van der Waals surface area contributed by atoms with Crippen molar-refractivity contribution >= 4 is 17.9 Å². The van der Waals surface area contributed by atoms with Crippen LogP contribution in [0.1, 0.15) is 41.4 Å². The number of amides is 3. The molecular weight excluding hydrogens is 512 g/mol. The number of rotatable bonds is 8. The second-order valence-corrected chi connectivity index (χ2v) is 10.1. The molecule has 0 aliphatic carbocycles. The van der Waals surface area contributed by atoms with Gasteiger partial charge in [0.1, 0.15) is 0 Å². The van der Waals surface area contributed by atoms with Crippen LogP contribution >= 0.6 is 0 Å². The third-order valence-electron chi connectivity index (χ3n) is 7.46. The van der Waals surface area contributed by atoms with Crippen LogP contribution in [0, 0.1) is 6.92 Å². The van der Waals surface area contributed by atoms with E-state index in [0.717, 1.165) is 5.56 Å². The van der Waals surface area contributed by atoms with Gasteiger partial charge in [-0.15, -0.1) is 0 Å². The highest BCUT2D eigenvalue weighted by molar-refractivity contribution is 5.96. The molecule has 0 spiro atoms. The third-order valence-corrected chi connectivity index (χ3v) is 7.46. The van der Waals surface area contributed by atoms with Crippen LogP contribution in [0.3, 0.4) is 0 Å². The zero-order chi connectivity index (χ0) is 29.0. The maximum absolute atomic E-state index is 13.4. The molecule has 2 aliphatic rings. The van der Waals surface area contributed by atoms with Crippen molar-refractivity contribution in [1.29, 1.82) is 0 Å². The number of aryl methyl sites for hydroxylation is 1. The predicted molar refractivity (Wildman–Crippen MR) is 150 cm³/mol. The van der Waals surface area contributed by atoms with Gasteiger partial charge in [0.05, 0.1) is 32.4 Å². The molecule has 2 aliphatic heterocycles. The lowest BCUT2D eigenvalue weighted by Gasteiger charge is -2.42. The van der Waals surface area contributed by atoms with Gasteiger partial charge in [-0.05, 0) is 39.0 Å². The molecule has 2 heterocycles. The minimum atomic E-state index is -0.801. The number of benzene rings is 2. The summed E-state index contributed by atoms with van der Waals surface area (Å²) in [6.07, 6.45) is 0. The fraction of sp³-hybridized carbons (Fsp3) is 0.433. The van der Waals surface area contributed by atoms with Crippen molar-refractivity contribution in [3.05, 3.63) is 70.4 Å². The molecule has 0 unspecified atom stereocenters. The molecule has 1 fully saturated rings. The topological polar surface area (TPSA) is 101 Å².